The molecule has 0 bridgehead atoms. The van der Waals surface area contributed by atoms with Gasteiger partial charge in [-0.25, -0.2) is 0 Å². The SMILES string of the molecule is CC[C]([AlH2])(CC)[N](C)[AlH2]. The molecule has 0 aromatic rings. The van der Waals surface area contributed by atoms with Gasteiger partial charge in [0.25, 0.3) is 0 Å². The Hall–Kier alpha value is 1.02. The Labute approximate surface area is 74.9 Å². The molecule has 3 heteroatoms. The normalized spacial score (nSPS) is 12.4. The topological polar surface area (TPSA) is 3.24 Å². The maximum absolute atomic E-state index is 2.50. The van der Waals surface area contributed by atoms with E-state index < -0.39 is 0 Å². The molecule has 0 unspecified atom stereocenters. The van der Waals surface area contributed by atoms with Gasteiger partial charge in [-0.1, -0.05) is 31.1 Å². The van der Waals surface area contributed by atoms with Crippen LogP contribution in [0.15, 0.2) is 0 Å². The Morgan fingerprint density at radius 1 is 1.33 bits per heavy atom. The number of hydrogen-bond acceptors (Lipinski definition) is 1. The smallest absolute Gasteiger partial charge is 0.321 e. The molecule has 0 amide bonds. The van der Waals surface area contributed by atoms with Crippen molar-refractivity contribution in [2.24, 2.45) is 0 Å². The largest absolute Gasteiger partial charge is 0.400 e. The summed E-state index contributed by atoms with van der Waals surface area (Å²) in [6, 6.07) is 0. The van der Waals surface area contributed by atoms with Crippen LogP contribution in [0.1, 0.15) is 26.7 Å². The molecule has 1 nitrogen and oxygen atoms in total. The molecule has 0 aliphatic heterocycles. The minimum absolute atomic E-state index is 0.617. The van der Waals surface area contributed by atoms with Crippen LogP contribution in [0.5, 0.6) is 0 Å². The minimum Gasteiger partial charge on any atom is -0.400 e. The Bertz CT molecular complexity index is 79.1. The molecule has 9 heavy (non-hydrogen) atoms. The van der Waals surface area contributed by atoms with Crippen LogP contribution >= 0.6 is 0 Å². The average molecular weight is 157 g/mol. The van der Waals surface area contributed by atoms with Gasteiger partial charge in [-0.3, -0.25) is 0 Å². The van der Waals surface area contributed by atoms with E-state index in [0.717, 1.165) is 0 Å². The second-order valence-electron chi connectivity index (χ2n) is 3.10. The zero-order valence-electron chi connectivity index (χ0n) is 7.36. The highest BCUT2D eigenvalue weighted by Gasteiger charge is 2.19. The molecule has 0 aliphatic rings. The maximum atomic E-state index is 2.50. The van der Waals surface area contributed by atoms with Gasteiger partial charge in [0.05, 0.1) is 0 Å². The van der Waals surface area contributed by atoms with Crippen LogP contribution in [-0.4, -0.2) is 48.1 Å². The molecular formula is C6H17Al2N. The van der Waals surface area contributed by atoms with Gasteiger partial charge in [0.2, 0.25) is 16.3 Å². The van der Waals surface area contributed by atoms with Gasteiger partial charge in [0, 0.05) is 0 Å². The van der Waals surface area contributed by atoms with E-state index in [2.05, 4.69) is 24.8 Å². The van der Waals surface area contributed by atoms with Crippen LogP contribution < -0.4 is 0 Å². The quantitative estimate of drug-likeness (QED) is 0.505. The van der Waals surface area contributed by atoms with Crippen molar-refractivity contribution in [2.45, 2.75) is 31.1 Å². The summed E-state index contributed by atoms with van der Waals surface area (Å²) < 4.78 is 3.12. The summed E-state index contributed by atoms with van der Waals surface area (Å²) in [6.07, 6.45) is 2.66. The Morgan fingerprint density at radius 3 is 1.67 bits per heavy atom. The second kappa shape index (κ2) is 4.02. The highest BCUT2D eigenvalue weighted by Crippen LogP contribution is 2.14. The summed E-state index contributed by atoms with van der Waals surface area (Å²) >= 11 is 2.53. The van der Waals surface area contributed by atoms with Gasteiger partial charge in [0.1, 0.15) is 0 Å². The van der Waals surface area contributed by atoms with E-state index in [1.807, 2.05) is 0 Å². The molecule has 0 heterocycles. The zero-order chi connectivity index (χ0) is 7.49. The number of hydrogen-bond donors (Lipinski definition) is 0. The van der Waals surface area contributed by atoms with Crippen LogP contribution in [-0.2, 0) is 0 Å². The third-order valence-electron chi connectivity index (χ3n) is 2.60. The third kappa shape index (κ3) is 2.63. The summed E-state index contributed by atoms with van der Waals surface area (Å²) in [7, 11) is 2.24. The van der Waals surface area contributed by atoms with Crippen molar-refractivity contribution in [3.05, 3.63) is 0 Å². The number of rotatable bonds is 3. The molecular weight excluding hydrogens is 140 g/mol. The van der Waals surface area contributed by atoms with E-state index in [4.69, 9.17) is 0 Å². The van der Waals surface area contributed by atoms with Gasteiger partial charge < -0.3 is 3.88 Å². The van der Waals surface area contributed by atoms with Gasteiger partial charge in [-0.2, -0.15) is 0 Å². The van der Waals surface area contributed by atoms with E-state index in [-0.39, 0.29) is 0 Å². The van der Waals surface area contributed by atoms with E-state index in [1.165, 1.54) is 45.6 Å². The van der Waals surface area contributed by atoms with Crippen molar-refractivity contribution in [3.63, 3.8) is 0 Å². The van der Waals surface area contributed by atoms with Gasteiger partial charge >= 0.3 is 16.5 Å². The molecule has 0 rings (SSSR count). The lowest BCUT2D eigenvalue weighted by atomic mass is 10.1. The summed E-state index contributed by atoms with van der Waals surface area (Å²) in [4.78, 5) is 0. The molecule has 0 atom stereocenters. The lowest BCUT2D eigenvalue weighted by Crippen LogP contribution is -2.44. The highest BCUT2D eigenvalue weighted by atomic mass is 27.1. The predicted molar refractivity (Wildman–Crippen MR) is 48.2 cm³/mol. The van der Waals surface area contributed by atoms with Crippen molar-refractivity contribution in [2.75, 3.05) is 7.05 Å². The fraction of sp³-hybridized carbons (Fsp3) is 1.00. The molecule has 0 aliphatic carbocycles. The lowest BCUT2D eigenvalue weighted by Gasteiger charge is -2.36. The van der Waals surface area contributed by atoms with Gasteiger partial charge in [-0.05, 0) is 7.05 Å². The Balaban J connectivity index is 3.92. The van der Waals surface area contributed by atoms with Crippen molar-refractivity contribution >= 4 is 32.8 Å². The number of nitrogens with zero attached hydrogens (tertiary/aromatic N) is 1. The lowest BCUT2D eigenvalue weighted by molar-refractivity contribution is 0.317. The Kier molecular flexibility index (Phi) is 4.48. The molecule has 0 fully saturated rings. The van der Waals surface area contributed by atoms with Crippen molar-refractivity contribution in [1.82, 2.24) is 3.88 Å². The first-order chi connectivity index (χ1) is 4.06. The third-order valence-corrected chi connectivity index (χ3v) is 6.89. The molecule has 0 saturated heterocycles. The average Bonchev–Trinajstić information content (AvgIpc) is 1.86. The molecule has 0 aromatic carbocycles. The predicted octanol–water partition coefficient (Wildman–Crippen LogP) is -0.384. The van der Waals surface area contributed by atoms with Crippen molar-refractivity contribution < 1.29 is 0 Å². The molecule has 0 N–H and O–H groups in total. The van der Waals surface area contributed by atoms with E-state index in [0.29, 0.717) is 4.40 Å². The van der Waals surface area contributed by atoms with Crippen LogP contribution in [0, 0.1) is 0 Å². The van der Waals surface area contributed by atoms with Crippen LogP contribution in [0.25, 0.3) is 0 Å². The molecule has 0 radical (unpaired) electrons. The van der Waals surface area contributed by atoms with E-state index in [1.54, 1.807) is 0 Å². The fourth-order valence-electron chi connectivity index (χ4n) is 0.882. The van der Waals surface area contributed by atoms with Crippen molar-refractivity contribution in [3.8, 4) is 0 Å². The van der Waals surface area contributed by atoms with Gasteiger partial charge in [-0.15, -0.1) is 0 Å². The summed E-state index contributed by atoms with van der Waals surface area (Å²) in [5.41, 5.74) is 0. The first-order valence-electron chi connectivity index (χ1n) is 3.74. The van der Waals surface area contributed by atoms with E-state index in [9.17, 15) is 0 Å². The van der Waals surface area contributed by atoms with Crippen LogP contribution in [0.4, 0.5) is 0 Å². The highest BCUT2D eigenvalue weighted by molar-refractivity contribution is 6.19. The van der Waals surface area contributed by atoms with Gasteiger partial charge in [0.15, 0.2) is 0 Å². The molecule has 0 aromatic heterocycles. The summed E-state index contributed by atoms with van der Waals surface area (Å²) in [5.74, 6) is 0. The first-order valence-corrected chi connectivity index (χ1v) is 5.63. The maximum Gasteiger partial charge on any atom is 0.321 e. The minimum atomic E-state index is 0.617. The second-order valence-corrected chi connectivity index (χ2v) is 6.30. The van der Waals surface area contributed by atoms with Crippen LogP contribution in [0.2, 0.25) is 0 Å². The molecule has 0 saturated carbocycles. The molecule has 0 spiro atoms. The van der Waals surface area contributed by atoms with Crippen LogP contribution in [0.3, 0.4) is 0 Å². The summed E-state index contributed by atoms with van der Waals surface area (Å²) in [5, 5.41) is 0. The molecule has 52 valence electrons. The summed E-state index contributed by atoms with van der Waals surface area (Å²) in [6.45, 7) is 4.59. The standard InChI is InChI=1S/C6H13N.2Al.4H/c1-4-6(5-2)7-3;;;;;;/h4-5H2,1-3H3;;;;;;/q-1;;+1;;;;. The van der Waals surface area contributed by atoms with E-state index >= 15 is 0 Å². The zero-order valence-corrected chi connectivity index (χ0v) is 11.4. The monoisotopic (exact) mass is 157 g/mol. The van der Waals surface area contributed by atoms with Crippen molar-refractivity contribution in [1.29, 1.82) is 0 Å². The first kappa shape index (κ1) is 10.0. The Morgan fingerprint density at radius 2 is 1.67 bits per heavy atom. The fourth-order valence-corrected chi connectivity index (χ4v) is 1.51.